The van der Waals surface area contributed by atoms with E-state index in [2.05, 4.69) is 39.9 Å². The summed E-state index contributed by atoms with van der Waals surface area (Å²) >= 11 is 0. The molecule has 74 valence electrons. The van der Waals surface area contributed by atoms with E-state index in [0.717, 1.165) is 19.0 Å². The maximum absolute atomic E-state index is 3.48. The highest BCUT2D eigenvalue weighted by molar-refractivity contribution is 4.72. The first kappa shape index (κ1) is 12.0. The van der Waals surface area contributed by atoms with E-state index < -0.39 is 0 Å². The fourth-order valence-electron chi connectivity index (χ4n) is 1.78. The third-order valence-corrected chi connectivity index (χ3v) is 1.99. The molecule has 0 aromatic carbocycles. The Balaban J connectivity index is 3.56. The Hall–Kier alpha value is -0.0400. The summed E-state index contributed by atoms with van der Waals surface area (Å²) in [5.41, 5.74) is 0.462. The summed E-state index contributed by atoms with van der Waals surface area (Å²) in [4.78, 5) is 0. The fraction of sp³-hybridized carbons (Fsp3) is 1.00. The Morgan fingerprint density at radius 2 is 1.83 bits per heavy atom. The maximum atomic E-state index is 3.48. The Labute approximate surface area is 77.9 Å². The van der Waals surface area contributed by atoms with Gasteiger partial charge >= 0.3 is 0 Å². The third kappa shape index (κ3) is 6.66. The molecule has 0 fully saturated rings. The smallest absolute Gasteiger partial charge is 0.000261 e. The Morgan fingerprint density at radius 3 is 2.25 bits per heavy atom. The van der Waals surface area contributed by atoms with E-state index in [1.54, 1.807) is 0 Å². The molecule has 0 amide bonds. The summed E-state index contributed by atoms with van der Waals surface area (Å²) in [5, 5.41) is 3.48. The average molecular weight is 171 g/mol. The van der Waals surface area contributed by atoms with Gasteiger partial charge in [0, 0.05) is 6.54 Å². The molecule has 0 saturated heterocycles. The van der Waals surface area contributed by atoms with Gasteiger partial charge in [0.15, 0.2) is 0 Å². The minimum Gasteiger partial charge on any atom is -0.316 e. The van der Waals surface area contributed by atoms with Gasteiger partial charge in [-0.15, -0.1) is 0 Å². The molecular formula is C11H25N. The van der Waals surface area contributed by atoms with E-state index in [9.17, 15) is 0 Å². The molecule has 0 aromatic rings. The van der Waals surface area contributed by atoms with Crippen LogP contribution in [0.5, 0.6) is 0 Å². The van der Waals surface area contributed by atoms with Gasteiger partial charge in [0.1, 0.15) is 0 Å². The Bertz CT molecular complexity index is 106. The lowest BCUT2D eigenvalue weighted by atomic mass is 9.84. The van der Waals surface area contributed by atoms with Gasteiger partial charge in [0.05, 0.1) is 0 Å². The van der Waals surface area contributed by atoms with Crippen molar-refractivity contribution < 1.29 is 0 Å². The largest absolute Gasteiger partial charge is 0.316 e. The number of nitrogens with one attached hydrogen (secondary N) is 1. The zero-order chi connectivity index (χ0) is 9.61. The molecule has 0 radical (unpaired) electrons. The summed E-state index contributed by atoms with van der Waals surface area (Å²) in [6.07, 6.45) is 2.54. The predicted octanol–water partition coefficient (Wildman–Crippen LogP) is 3.06. The molecular weight excluding hydrogens is 146 g/mol. The molecule has 1 N–H and O–H groups in total. The second-order valence-electron chi connectivity index (χ2n) is 4.94. The van der Waals surface area contributed by atoms with Crippen LogP contribution in [0.15, 0.2) is 0 Å². The molecule has 0 aromatic heterocycles. The summed E-state index contributed by atoms with van der Waals surface area (Å²) in [5.74, 6) is 0.809. The van der Waals surface area contributed by atoms with Crippen LogP contribution >= 0.6 is 0 Å². The summed E-state index contributed by atoms with van der Waals surface area (Å²) < 4.78 is 0. The fourth-order valence-corrected chi connectivity index (χ4v) is 1.78. The van der Waals surface area contributed by atoms with Gasteiger partial charge in [-0.2, -0.15) is 0 Å². The van der Waals surface area contributed by atoms with Crippen LogP contribution in [0.2, 0.25) is 0 Å². The number of hydrogen-bond donors (Lipinski definition) is 1. The topological polar surface area (TPSA) is 12.0 Å². The predicted molar refractivity (Wildman–Crippen MR) is 56.4 cm³/mol. The second kappa shape index (κ2) is 5.58. The molecule has 0 atom stereocenters. The monoisotopic (exact) mass is 171 g/mol. The maximum Gasteiger partial charge on any atom is 0.000261 e. The van der Waals surface area contributed by atoms with E-state index in [0.29, 0.717) is 5.41 Å². The Morgan fingerprint density at radius 1 is 1.25 bits per heavy atom. The molecule has 1 heteroatoms. The SMILES string of the molecule is CCCNCC(C)(C)CC(C)C. The first-order chi connectivity index (χ1) is 5.48. The lowest BCUT2D eigenvalue weighted by Crippen LogP contribution is -2.30. The van der Waals surface area contributed by atoms with Crippen molar-refractivity contribution in [3.8, 4) is 0 Å². The van der Waals surface area contributed by atoms with Crippen LogP contribution < -0.4 is 5.32 Å². The summed E-state index contributed by atoms with van der Waals surface area (Å²) in [7, 11) is 0. The van der Waals surface area contributed by atoms with Gasteiger partial charge in [-0.1, -0.05) is 34.6 Å². The van der Waals surface area contributed by atoms with Crippen LogP contribution in [0.3, 0.4) is 0 Å². The van der Waals surface area contributed by atoms with Crippen molar-refractivity contribution in [1.29, 1.82) is 0 Å². The molecule has 0 rings (SSSR count). The summed E-state index contributed by atoms with van der Waals surface area (Å²) in [6, 6.07) is 0. The molecule has 1 nitrogen and oxygen atoms in total. The second-order valence-corrected chi connectivity index (χ2v) is 4.94. The molecule has 12 heavy (non-hydrogen) atoms. The highest BCUT2D eigenvalue weighted by Gasteiger charge is 2.18. The first-order valence-electron chi connectivity index (χ1n) is 5.18. The van der Waals surface area contributed by atoms with E-state index in [4.69, 9.17) is 0 Å². The van der Waals surface area contributed by atoms with Gasteiger partial charge in [-0.25, -0.2) is 0 Å². The zero-order valence-electron chi connectivity index (χ0n) is 9.41. The van der Waals surface area contributed by atoms with E-state index >= 15 is 0 Å². The van der Waals surface area contributed by atoms with Crippen LogP contribution in [0.4, 0.5) is 0 Å². The van der Waals surface area contributed by atoms with E-state index in [1.807, 2.05) is 0 Å². The molecule has 0 aliphatic carbocycles. The van der Waals surface area contributed by atoms with Gasteiger partial charge in [-0.3, -0.25) is 0 Å². The van der Waals surface area contributed by atoms with Crippen LogP contribution in [0.1, 0.15) is 47.5 Å². The average Bonchev–Trinajstić information content (AvgIpc) is 1.84. The lowest BCUT2D eigenvalue weighted by Gasteiger charge is -2.26. The van der Waals surface area contributed by atoms with E-state index in [-0.39, 0.29) is 0 Å². The van der Waals surface area contributed by atoms with Crippen molar-refractivity contribution in [2.45, 2.75) is 47.5 Å². The van der Waals surface area contributed by atoms with Crippen molar-refractivity contribution >= 4 is 0 Å². The first-order valence-corrected chi connectivity index (χ1v) is 5.18. The molecule has 0 saturated carbocycles. The minimum absolute atomic E-state index is 0.462. The van der Waals surface area contributed by atoms with Crippen LogP contribution in [0, 0.1) is 11.3 Å². The lowest BCUT2D eigenvalue weighted by molar-refractivity contribution is 0.274. The molecule has 0 heterocycles. The van der Waals surface area contributed by atoms with Crippen LogP contribution in [-0.4, -0.2) is 13.1 Å². The molecule has 0 bridgehead atoms. The van der Waals surface area contributed by atoms with Crippen molar-refractivity contribution in [2.75, 3.05) is 13.1 Å². The molecule has 0 aliphatic rings. The third-order valence-electron chi connectivity index (χ3n) is 1.99. The molecule has 0 spiro atoms. The van der Waals surface area contributed by atoms with Gasteiger partial charge in [-0.05, 0) is 30.7 Å². The van der Waals surface area contributed by atoms with Crippen LogP contribution in [0.25, 0.3) is 0 Å². The normalized spacial score (nSPS) is 12.5. The highest BCUT2D eigenvalue weighted by Crippen LogP contribution is 2.23. The van der Waals surface area contributed by atoms with E-state index in [1.165, 1.54) is 12.8 Å². The summed E-state index contributed by atoms with van der Waals surface area (Å²) in [6.45, 7) is 13.8. The minimum atomic E-state index is 0.462. The highest BCUT2D eigenvalue weighted by atomic mass is 14.9. The zero-order valence-corrected chi connectivity index (χ0v) is 9.41. The van der Waals surface area contributed by atoms with Crippen LogP contribution in [-0.2, 0) is 0 Å². The standard InChI is InChI=1S/C11H25N/c1-6-7-12-9-11(4,5)8-10(2)3/h10,12H,6-9H2,1-5H3. The molecule has 0 unspecified atom stereocenters. The number of hydrogen-bond acceptors (Lipinski definition) is 1. The van der Waals surface area contributed by atoms with Crippen molar-refractivity contribution in [3.63, 3.8) is 0 Å². The quantitative estimate of drug-likeness (QED) is 0.606. The van der Waals surface area contributed by atoms with Crippen molar-refractivity contribution in [3.05, 3.63) is 0 Å². The van der Waals surface area contributed by atoms with Gasteiger partial charge in [0.25, 0.3) is 0 Å². The molecule has 0 aliphatic heterocycles. The Kier molecular flexibility index (Phi) is 5.56. The van der Waals surface area contributed by atoms with Crippen molar-refractivity contribution in [1.82, 2.24) is 5.32 Å². The van der Waals surface area contributed by atoms with Gasteiger partial charge < -0.3 is 5.32 Å². The van der Waals surface area contributed by atoms with Crippen molar-refractivity contribution in [2.24, 2.45) is 11.3 Å². The number of rotatable bonds is 6. The van der Waals surface area contributed by atoms with Gasteiger partial charge in [0.2, 0.25) is 0 Å².